The van der Waals surface area contributed by atoms with Gasteiger partial charge in [0.25, 0.3) is 0 Å². The lowest BCUT2D eigenvalue weighted by Gasteiger charge is -2.24. The van der Waals surface area contributed by atoms with Crippen LogP contribution in [0.3, 0.4) is 0 Å². The molecule has 0 aromatic carbocycles. The lowest BCUT2D eigenvalue weighted by atomic mass is 10.0. The summed E-state index contributed by atoms with van der Waals surface area (Å²) < 4.78 is 0. The Morgan fingerprint density at radius 1 is 1.69 bits per heavy atom. The number of amides is 1. The summed E-state index contributed by atoms with van der Waals surface area (Å²) in [6, 6.07) is 0.463. The third kappa shape index (κ3) is 2.58. The van der Waals surface area contributed by atoms with Crippen LogP contribution in [0.4, 0.5) is 0 Å². The fourth-order valence-electron chi connectivity index (χ4n) is 2.03. The van der Waals surface area contributed by atoms with E-state index in [0.29, 0.717) is 12.0 Å². The van der Waals surface area contributed by atoms with Crippen molar-refractivity contribution in [1.82, 2.24) is 4.90 Å². The van der Waals surface area contributed by atoms with Crippen LogP contribution >= 0.6 is 0 Å². The van der Waals surface area contributed by atoms with Crippen LogP contribution in [0.5, 0.6) is 0 Å². The Bertz CT molecular complexity index is 198. The highest BCUT2D eigenvalue weighted by Gasteiger charge is 2.27. The highest BCUT2D eigenvalue weighted by molar-refractivity contribution is 5.87. The lowest BCUT2D eigenvalue weighted by Crippen LogP contribution is -2.34. The van der Waals surface area contributed by atoms with Gasteiger partial charge in [0.05, 0.1) is 0 Å². The quantitative estimate of drug-likeness (QED) is 0.611. The molecule has 0 radical (unpaired) electrons. The summed E-state index contributed by atoms with van der Waals surface area (Å²) in [5, 5.41) is 0. The Morgan fingerprint density at radius 3 is 2.92 bits per heavy atom. The molecule has 2 heteroatoms. The number of nitrogens with zero attached hydrogens (tertiary/aromatic N) is 1. The van der Waals surface area contributed by atoms with Crippen molar-refractivity contribution in [1.29, 1.82) is 0 Å². The van der Waals surface area contributed by atoms with Gasteiger partial charge in [0.2, 0.25) is 5.91 Å². The van der Waals surface area contributed by atoms with Crippen molar-refractivity contribution in [2.75, 3.05) is 6.54 Å². The lowest BCUT2D eigenvalue weighted by molar-refractivity contribution is -0.127. The van der Waals surface area contributed by atoms with Crippen LogP contribution in [0.15, 0.2) is 12.7 Å². The van der Waals surface area contributed by atoms with Crippen LogP contribution in [0, 0.1) is 5.92 Å². The van der Waals surface area contributed by atoms with E-state index in [-0.39, 0.29) is 5.91 Å². The van der Waals surface area contributed by atoms with Gasteiger partial charge in [-0.1, -0.05) is 20.4 Å². The molecule has 0 N–H and O–H groups in total. The third-order valence-electron chi connectivity index (χ3n) is 2.58. The molecule has 0 aliphatic carbocycles. The van der Waals surface area contributed by atoms with Crippen molar-refractivity contribution in [2.24, 2.45) is 5.92 Å². The number of hydrogen-bond acceptors (Lipinski definition) is 1. The number of likely N-dealkylation sites (tertiary alicyclic amines) is 1. The maximum Gasteiger partial charge on any atom is 0.246 e. The van der Waals surface area contributed by atoms with Crippen LogP contribution < -0.4 is 0 Å². The largest absolute Gasteiger partial charge is 0.336 e. The van der Waals surface area contributed by atoms with Crippen LogP contribution in [-0.2, 0) is 4.79 Å². The maximum absolute atomic E-state index is 11.4. The van der Waals surface area contributed by atoms with Gasteiger partial charge in [0.15, 0.2) is 0 Å². The molecule has 1 amide bonds. The van der Waals surface area contributed by atoms with E-state index in [2.05, 4.69) is 20.4 Å². The first kappa shape index (κ1) is 10.3. The van der Waals surface area contributed by atoms with Crippen LogP contribution in [0.2, 0.25) is 0 Å². The summed E-state index contributed by atoms with van der Waals surface area (Å²) in [7, 11) is 0. The molecule has 13 heavy (non-hydrogen) atoms. The fraction of sp³-hybridized carbons (Fsp3) is 0.727. The maximum atomic E-state index is 11.4. The molecule has 0 aromatic heterocycles. The van der Waals surface area contributed by atoms with Gasteiger partial charge in [-0.3, -0.25) is 4.79 Å². The molecule has 0 bridgehead atoms. The molecule has 1 aliphatic rings. The SMILES string of the molecule is C=CC(=O)N1CCCC1CC(C)C. The summed E-state index contributed by atoms with van der Waals surface area (Å²) in [6.07, 6.45) is 4.87. The average Bonchev–Trinajstić information content (AvgIpc) is 2.50. The zero-order valence-corrected chi connectivity index (χ0v) is 8.62. The van der Waals surface area contributed by atoms with E-state index < -0.39 is 0 Å². The summed E-state index contributed by atoms with van der Waals surface area (Å²) in [5.41, 5.74) is 0. The molecule has 1 heterocycles. The molecule has 1 saturated heterocycles. The molecule has 1 atom stereocenters. The minimum absolute atomic E-state index is 0.100. The van der Waals surface area contributed by atoms with Crippen LogP contribution in [-0.4, -0.2) is 23.4 Å². The Kier molecular flexibility index (Phi) is 3.52. The van der Waals surface area contributed by atoms with E-state index in [1.165, 1.54) is 6.08 Å². The van der Waals surface area contributed by atoms with Gasteiger partial charge in [0.1, 0.15) is 0 Å². The van der Waals surface area contributed by atoms with Gasteiger partial charge in [-0.25, -0.2) is 0 Å². The Balaban J connectivity index is 2.53. The van der Waals surface area contributed by atoms with Gasteiger partial charge < -0.3 is 4.90 Å². The van der Waals surface area contributed by atoms with Crippen molar-refractivity contribution in [2.45, 2.75) is 39.2 Å². The fourth-order valence-corrected chi connectivity index (χ4v) is 2.03. The molecule has 2 nitrogen and oxygen atoms in total. The van der Waals surface area contributed by atoms with Crippen LogP contribution in [0.1, 0.15) is 33.1 Å². The van der Waals surface area contributed by atoms with E-state index in [1.807, 2.05) is 4.90 Å². The third-order valence-corrected chi connectivity index (χ3v) is 2.58. The number of rotatable bonds is 3. The minimum atomic E-state index is 0.100. The summed E-state index contributed by atoms with van der Waals surface area (Å²) >= 11 is 0. The molecular weight excluding hydrogens is 162 g/mol. The monoisotopic (exact) mass is 181 g/mol. The van der Waals surface area contributed by atoms with E-state index in [9.17, 15) is 4.79 Å². The molecule has 74 valence electrons. The highest BCUT2D eigenvalue weighted by Crippen LogP contribution is 2.23. The van der Waals surface area contributed by atoms with Crippen molar-refractivity contribution < 1.29 is 4.79 Å². The van der Waals surface area contributed by atoms with Crippen molar-refractivity contribution >= 4 is 5.91 Å². The summed E-state index contributed by atoms with van der Waals surface area (Å²) in [6.45, 7) is 8.85. The van der Waals surface area contributed by atoms with Crippen molar-refractivity contribution in [3.63, 3.8) is 0 Å². The Labute approximate surface area is 80.6 Å². The molecule has 0 aromatic rings. The first-order valence-corrected chi connectivity index (χ1v) is 5.08. The molecule has 1 unspecified atom stereocenters. The van der Waals surface area contributed by atoms with Crippen LogP contribution in [0.25, 0.3) is 0 Å². The van der Waals surface area contributed by atoms with Crippen molar-refractivity contribution in [3.05, 3.63) is 12.7 Å². The van der Waals surface area contributed by atoms with E-state index in [0.717, 1.165) is 25.8 Å². The van der Waals surface area contributed by atoms with Gasteiger partial charge in [0, 0.05) is 12.6 Å². The van der Waals surface area contributed by atoms with E-state index in [1.54, 1.807) is 0 Å². The van der Waals surface area contributed by atoms with E-state index >= 15 is 0 Å². The second-order valence-corrected chi connectivity index (χ2v) is 4.16. The van der Waals surface area contributed by atoms with Gasteiger partial charge >= 0.3 is 0 Å². The van der Waals surface area contributed by atoms with Gasteiger partial charge in [-0.05, 0) is 31.3 Å². The zero-order valence-electron chi connectivity index (χ0n) is 8.62. The molecule has 0 spiro atoms. The number of carbonyl (C=O) groups is 1. The summed E-state index contributed by atoms with van der Waals surface area (Å²) in [4.78, 5) is 13.4. The summed E-state index contributed by atoms with van der Waals surface area (Å²) in [5.74, 6) is 0.770. The molecule has 1 fully saturated rings. The average molecular weight is 181 g/mol. The Hall–Kier alpha value is -0.790. The second kappa shape index (κ2) is 4.45. The number of carbonyl (C=O) groups excluding carboxylic acids is 1. The topological polar surface area (TPSA) is 20.3 Å². The molecule has 1 aliphatic heterocycles. The number of hydrogen-bond donors (Lipinski definition) is 0. The molecular formula is C11H19NO. The van der Waals surface area contributed by atoms with E-state index in [4.69, 9.17) is 0 Å². The smallest absolute Gasteiger partial charge is 0.246 e. The standard InChI is InChI=1S/C11H19NO/c1-4-11(13)12-7-5-6-10(12)8-9(2)3/h4,9-10H,1,5-8H2,2-3H3. The highest BCUT2D eigenvalue weighted by atomic mass is 16.2. The molecule has 0 saturated carbocycles. The Morgan fingerprint density at radius 2 is 2.38 bits per heavy atom. The predicted octanol–water partition coefficient (Wildman–Crippen LogP) is 2.21. The first-order valence-electron chi connectivity index (χ1n) is 5.08. The van der Waals surface area contributed by atoms with Gasteiger partial charge in [-0.2, -0.15) is 0 Å². The first-order chi connectivity index (χ1) is 6.15. The van der Waals surface area contributed by atoms with Gasteiger partial charge in [-0.15, -0.1) is 0 Å². The second-order valence-electron chi connectivity index (χ2n) is 4.16. The molecule has 1 rings (SSSR count). The zero-order chi connectivity index (χ0) is 9.84. The predicted molar refractivity (Wildman–Crippen MR) is 54.4 cm³/mol. The minimum Gasteiger partial charge on any atom is -0.336 e. The normalized spacial score (nSPS) is 22.4. The van der Waals surface area contributed by atoms with Crippen molar-refractivity contribution in [3.8, 4) is 0 Å².